The van der Waals surface area contributed by atoms with Gasteiger partial charge >= 0.3 is 0 Å². The lowest BCUT2D eigenvalue weighted by Crippen LogP contribution is -2.47. The third kappa shape index (κ3) is 4.91. The van der Waals surface area contributed by atoms with E-state index in [0.717, 1.165) is 40.8 Å². The Morgan fingerprint density at radius 3 is 2.50 bits per heavy atom. The molecule has 1 saturated heterocycles. The molecule has 0 atom stereocenters. The first-order chi connectivity index (χ1) is 13.4. The molecule has 1 aliphatic rings. The summed E-state index contributed by atoms with van der Waals surface area (Å²) in [6.45, 7) is 7.30. The number of amides is 2. The Morgan fingerprint density at radius 1 is 1.07 bits per heavy atom. The topological polar surface area (TPSA) is 58.6 Å². The zero-order valence-electron chi connectivity index (χ0n) is 16.8. The number of benzene rings is 2. The van der Waals surface area contributed by atoms with Crippen molar-refractivity contribution in [2.45, 2.75) is 39.7 Å². The van der Waals surface area contributed by atoms with Crippen molar-refractivity contribution in [3.05, 3.63) is 64.7 Å². The average Bonchev–Trinajstić information content (AvgIpc) is 2.69. The van der Waals surface area contributed by atoms with Crippen LogP contribution in [0.4, 0.5) is 0 Å². The predicted octanol–water partition coefficient (Wildman–Crippen LogP) is 3.41. The summed E-state index contributed by atoms with van der Waals surface area (Å²) in [6, 6.07) is 13.6. The van der Waals surface area contributed by atoms with Gasteiger partial charge in [-0.1, -0.05) is 29.8 Å². The summed E-state index contributed by atoms with van der Waals surface area (Å²) in [6.07, 6.45) is 1.51. The van der Waals surface area contributed by atoms with Gasteiger partial charge in [-0.25, -0.2) is 0 Å². The fourth-order valence-electron chi connectivity index (χ4n) is 3.48. The second kappa shape index (κ2) is 8.91. The molecule has 28 heavy (non-hydrogen) atoms. The van der Waals surface area contributed by atoms with Crippen LogP contribution in [0, 0.1) is 20.8 Å². The number of nitrogens with zero attached hydrogens (tertiary/aromatic N) is 1. The Labute approximate surface area is 166 Å². The van der Waals surface area contributed by atoms with Gasteiger partial charge in [-0.3, -0.25) is 9.59 Å². The molecule has 2 aromatic carbocycles. The normalized spacial score (nSPS) is 14.6. The fourth-order valence-corrected chi connectivity index (χ4v) is 3.48. The lowest BCUT2D eigenvalue weighted by molar-refractivity contribution is -0.124. The monoisotopic (exact) mass is 380 g/mol. The van der Waals surface area contributed by atoms with Crippen molar-refractivity contribution in [1.82, 2.24) is 10.2 Å². The van der Waals surface area contributed by atoms with Crippen molar-refractivity contribution in [3.63, 3.8) is 0 Å². The largest absolute Gasteiger partial charge is 0.483 e. The summed E-state index contributed by atoms with van der Waals surface area (Å²) in [5, 5.41) is 3.03. The minimum Gasteiger partial charge on any atom is -0.483 e. The number of piperidine rings is 1. The van der Waals surface area contributed by atoms with E-state index in [4.69, 9.17) is 4.74 Å². The lowest BCUT2D eigenvalue weighted by atomic mass is 10.0. The van der Waals surface area contributed by atoms with Crippen LogP contribution < -0.4 is 10.1 Å². The Kier molecular flexibility index (Phi) is 6.34. The SMILES string of the molecule is Cc1cccc(C(=O)N2CCC(NC(=O)COc3cccc(C)c3C)CC2)c1. The Morgan fingerprint density at radius 2 is 1.79 bits per heavy atom. The first kappa shape index (κ1) is 19.9. The molecule has 2 aromatic rings. The van der Waals surface area contributed by atoms with Gasteiger partial charge in [0.15, 0.2) is 6.61 Å². The van der Waals surface area contributed by atoms with Crippen LogP contribution in [0.5, 0.6) is 5.75 Å². The quantitative estimate of drug-likeness (QED) is 0.865. The number of nitrogens with one attached hydrogen (secondary N) is 1. The zero-order valence-corrected chi connectivity index (χ0v) is 16.8. The fraction of sp³-hybridized carbons (Fsp3) is 0.391. The van der Waals surface area contributed by atoms with Gasteiger partial charge in [0.05, 0.1) is 0 Å². The van der Waals surface area contributed by atoms with Gasteiger partial charge in [-0.2, -0.15) is 0 Å². The maximum absolute atomic E-state index is 12.6. The molecule has 0 spiro atoms. The number of rotatable bonds is 5. The van der Waals surface area contributed by atoms with Crippen LogP contribution in [-0.2, 0) is 4.79 Å². The van der Waals surface area contributed by atoms with E-state index in [0.29, 0.717) is 13.1 Å². The number of ether oxygens (including phenoxy) is 1. The van der Waals surface area contributed by atoms with Crippen molar-refractivity contribution in [2.24, 2.45) is 0 Å². The van der Waals surface area contributed by atoms with Gasteiger partial charge in [0, 0.05) is 24.7 Å². The van der Waals surface area contributed by atoms with Gasteiger partial charge in [0.25, 0.3) is 11.8 Å². The van der Waals surface area contributed by atoms with Crippen molar-refractivity contribution < 1.29 is 14.3 Å². The number of aryl methyl sites for hydroxylation is 2. The van der Waals surface area contributed by atoms with Gasteiger partial charge < -0.3 is 15.0 Å². The molecule has 1 N–H and O–H groups in total. The average molecular weight is 380 g/mol. The molecule has 0 radical (unpaired) electrons. The molecule has 5 nitrogen and oxygen atoms in total. The Bertz CT molecular complexity index is 855. The van der Waals surface area contributed by atoms with Crippen LogP contribution in [0.3, 0.4) is 0 Å². The number of carbonyl (C=O) groups excluding carboxylic acids is 2. The molecule has 148 valence electrons. The molecular formula is C23H28N2O3. The molecule has 0 saturated carbocycles. The molecule has 1 fully saturated rings. The van der Waals surface area contributed by atoms with Crippen LogP contribution in [0.15, 0.2) is 42.5 Å². The summed E-state index contributed by atoms with van der Waals surface area (Å²) in [5.41, 5.74) is 4.00. The smallest absolute Gasteiger partial charge is 0.258 e. The zero-order chi connectivity index (χ0) is 20.1. The van der Waals surface area contributed by atoms with Crippen molar-refractivity contribution >= 4 is 11.8 Å². The van der Waals surface area contributed by atoms with Crippen LogP contribution in [0.25, 0.3) is 0 Å². The second-order valence-electron chi connectivity index (χ2n) is 7.49. The van der Waals surface area contributed by atoms with E-state index in [2.05, 4.69) is 5.32 Å². The standard InChI is InChI=1S/C23H28N2O3/c1-16-6-4-8-19(14-16)23(27)25-12-10-20(11-13-25)24-22(26)15-28-21-9-5-7-17(2)18(21)3/h4-9,14,20H,10-13,15H2,1-3H3,(H,24,26). The maximum atomic E-state index is 12.6. The van der Waals surface area contributed by atoms with Gasteiger partial charge in [0.2, 0.25) is 0 Å². The van der Waals surface area contributed by atoms with Gasteiger partial charge in [0.1, 0.15) is 5.75 Å². The summed E-state index contributed by atoms with van der Waals surface area (Å²) in [5.74, 6) is 0.685. The van der Waals surface area contributed by atoms with Crippen molar-refractivity contribution in [2.75, 3.05) is 19.7 Å². The predicted molar refractivity (Wildman–Crippen MR) is 110 cm³/mol. The molecule has 0 aliphatic carbocycles. The van der Waals surface area contributed by atoms with Gasteiger partial charge in [-0.05, 0) is 62.9 Å². The highest BCUT2D eigenvalue weighted by molar-refractivity contribution is 5.94. The second-order valence-corrected chi connectivity index (χ2v) is 7.49. The van der Waals surface area contributed by atoms with E-state index in [1.165, 1.54) is 0 Å². The van der Waals surface area contributed by atoms with Gasteiger partial charge in [-0.15, -0.1) is 0 Å². The van der Waals surface area contributed by atoms with Crippen LogP contribution >= 0.6 is 0 Å². The van der Waals surface area contributed by atoms with Crippen molar-refractivity contribution in [3.8, 4) is 5.75 Å². The molecule has 0 unspecified atom stereocenters. The van der Waals surface area contributed by atoms with Crippen LogP contribution in [0.2, 0.25) is 0 Å². The minimum absolute atomic E-state index is 0.00668. The summed E-state index contributed by atoms with van der Waals surface area (Å²) >= 11 is 0. The van der Waals surface area contributed by atoms with E-state index in [1.54, 1.807) is 0 Å². The molecule has 1 aliphatic heterocycles. The number of hydrogen-bond donors (Lipinski definition) is 1. The number of hydrogen-bond acceptors (Lipinski definition) is 3. The summed E-state index contributed by atoms with van der Waals surface area (Å²) in [4.78, 5) is 26.7. The molecule has 3 rings (SSSR count). The molecular weight excluding hydrogens is 352 g/mol. The molecule has 2 amide bonds. The summed E-state index contributed by atoms with van der Waals surface area (Å²) in [7, 11) is 0. The third-order valence-electron chi connectivity index (χ3n) is 5.33. The molecule has 1 heterocycles. The number of carbonyl (C=O) groups is 2. The first-order valence-corrected chi connectivity index (χ1v) is 9.78. The molecule has 0 aromatic heterocycles. The number of likely N-dealkylation sites (tertiary alicyclic amines) is 1. The molecule has 5 heteroatoms. The highest BCUT2D eigenvalue weighted by Crippen LogP contribution is 2.20. The summed E-state index contributed by atoms with van der Waals surface area (Å²) < 4.78 is 5.67. The Hall–Kier alpha value is -2.82. The van der Waals surface area contributed by atoms with Crippen LogP contribution in [0.1, 0.15) is 39.9 Å². The van der Waals surface area contributed by atoms with E-state index < -0.39 is 0 Å². The van der Waals surface area contributed by atoms with E-state index in [-0.39, 0.29) is 24.5 Å². The van der Waals surface area contributed by atoms with E-state index >= 15 is 0 Å². The van der Waals surface area contributed by atoms with E-state index in [9.17, 15) is 9.59 Å². The van der Waals surface area contributed by atoms with Crippen LogP contribution in [-0.4, -0.2) is 42.5 Å². The first-order valence-electron chi connectivity index (χ1n) is 9.78. The molecule has 0 bridgehead atoms. The highest BCUT2D eigenvalue weighted by Gasteiger charge is 2.24. The van der Waals surface area contributed by atoms with E-state index in [1.807, 2.05) is 68.1 Å². The lowest BCUT2D eigenvalue weighted by Gasteiger charge is -2.32. The maximum Gasteiger partial charge on any atom is 0.258 e. The third-order valence-corrected chi connectivity index (χ3v) is 5.33. The minimum atomic E-state index is -0.121. The Balaban J connectivity index is 1.45. The van der Waals surface area contributed by atoms with Crippen molar-refractivity contribution in [1.29, 1.82) is 0 Å². The highest BCUT2D eigenvalue weighted by atomic mass is 16.5.